The van der Waals surface area contributed by atoms with Gasteiger partial charge in [0, 0.05) is 0 Å². The third kappa shape index (κ3) is 2.98. The van der Waals surface area contributed by atoms with Gasteiger partial charge >= 0.3 is 6.61 Å². The minimum Gasteiger partial charge on any atom is -0.435 e. The van der Waals surface area contributed by atoms with E-state index < -0.39 is 12.7 Å². The molecule has 1 unspecified atom stereocenters. The van der Waals surface area contributed by atoms with Crippen LogP contribution in [0.25, 0.3) is 0 Å². The third-order valence-corrected chi connectivity index (χ3v) is 3.73. The Bertz CT molecular complexity index is 513. The Balaban J connectivity index is 2.17. The van der Waals surface area contributed by atoms with Crippen LogP contribution in [0, 0.1) is 0 Å². The molecule has 1 atom stereocenters. The molecule has 1 aromatic carbocycles. The highest BCUT2D eigenvalue weighted by Gasteiger charge is 2.15. The summed E-state index contributed by atoms with van der Waals surface area (Å²) in [6.45, 7) is -2.85. The number of ether oxygens (including phenoxy) is 1. The number of alkyl halides is 2. The molecule has 0 amide bonds. The van der Waals surface area contributed by atoms with Crippen molar-refractivity contribution in [3.63, 3.8) is 0 Å². The molecule has 96 valence electrons. The number of rotatable bonds is 4. The molecule has 1 N–H and O–H groups in total. The summed E-state index contributed by atoms with van der Waals surface area (Å²) in [6.07, 6.45) is -0.863. The van der Waals surface area contributed by atoms with E-state index in [1.54, 1.807) is 11.4 Å². The van der Waals surface area contributed by atoms with Gasteiger partial charge in [-0.2, -0.15) is 8.78 Å². The normalized spacial score (nSPS) is 12.7. The van der Waals surface area contributed by atoms with Crippen LogP contribution < -0.4 is 4.74 Å². The zero-order valence-electron chi connectivity index (χ0n) is 9.02. The van der Waals surface area contributed by atoms with Gasteiger partial charge in [-0.05, 0) is 29.1 Å². The maximum Gasteiger partial charge on any atom is 0.387 e. The van der Waals surface area contributed by atoms with Crippen LogP contribution in [0.5, 0.6) is 5.75 Å². The maximum atomic E-state index is 12.0. The van der Waals surface area contributed by atoms with Crippen molar-refractivity contribution in [3.05, 3.63) is 51.2 Å². The summed E-state index contributed by atoms with van der Waals surface area (Å²) in [5.41, 5.74) is 0.570. The van der Waals surface area contributed by atoms with Crippen molar-refractivity contribution in [1.29, 1.82) is 0 Å². The molecule has 0 saturated heterocycles. The average molecular weight is 291 g/mol. The van der Waals surface area contributed by atoms with E-state index in [4.69, 9.17) is 11.6 Å². The molecule has 0 radical (unpaired) electrons. The Labute approximate surface area is 111 Å². The SMILES string of the molecule is OC(c1ccc(OC(F)F)cc1)c1sccc1Cl. The maximum absolute atomic E-state index is 12.0. The summed E-state index contributed by atoms with van der Waals surface area (Å²) in [4.78, 5) is 0.624. The van der Waals surface area contributed by atoms with Crippen LogP contribution in [-0.2, 0) is 0 Å². The number of thiophene rings is 1. The molecular formula is C12H9ClF2O2S. The molecule has 18 heavy (non-hydrogen) atoms. The van der Waals surface area contributed by atoms with E-state index >= 15 is 0 Å². The van der Waals surface area contributed by atoms with E-state index in [2.05, 4.69) is 4.74 Å². The fourth-order valence-electron chi connectivity index (χ4n) is 1.48. The quantitative estimate of drug-likeness (QED) is 0.919. The minimum atomic E-state index is -2.85. The Morgan fingerprint density at radius 2 is 1.83 bits per heavy atom. The summed E-state index contributed by atoms with van der Waals surface area (Å²) in [6, 6.07) is 7.51. The summed E-state index contributed by atoms with van der Waals surface area (Å²) in [5, 5.41) is 12.3. The zero-order chi connectivity index (χ0) is 13.1. The fourth-order valence-corrected chi connectivity index (χ4v) is 2.65. The van der Waals surface area contributed by atoms with E-state index in [1.807, 2.05) is 0 Å². The Hall–Kier alpha value is -1.17. The molecule has 0 bridgehead atoms. The van der Waals surface area contributed by atoms with E-state index in [0.717, 1.165) is 0 Å². The molecule has 0 saturated carbocycles. The lowest BCUT2D eigenvalue weighted by Gasteiger charge is -2.11. The van der Waals surface area contributed by atoms with Gasteiger partial charge in [-0.3, -0.25) is 0 Å². The van der Waals surface area contributed by atoms with Crippen molar-refractivity contribution in [2.24, 2.45) is 0 Å². The number of hydrogen-bond acceptors (Lipinski definition) is 3. The van der Waals surface area contributed by atoms with Crippen LogP contribution in [0.4, 0.5) is 8.78 Å². The molecular weight excluding hydrogens is 282 g/mol. The van der Waals surface area contributed by atoms with Gasteiger partial charge in [0.15, 0.2) is 0 Å². The van der Waals surface area contributed by atoms with Crippen LogP contribution in [0.3, 0.4) is 0 Å². The predicted octanol–water partition coefficient (Wildman–Crippen LogP) is 4.08. The van der Waals surface area contributed by atoms with Crippen LogP contribution in [-0.4, -0.2) is 11.7 Å². The summed E-state index contributed by atoms with van der Waals surface area (Å²) in [7, 11) is 0. The van der Waals surface area contributed by atoms with Crippen molar-refractivity contribution in [2.45, 2.75) is 12.7 Å². The monoisotopic (exact) mass is 290 g/mol. The van der Waals surface area contributed by atoms with Gasteiger partial charge in [-0.15, -0.1) is 11.3 Å². The van der Waals surface area contributed by atoms with Gasteiger partial charge in [-0.25, -0.2) is 0 Å². The lowest BCUT2D eigenvalue weighted by Crippen LogP contribution is -2.02. The molecule has 0 spiro atoms. The Kier molecular flexibility index (Phi) is 4.16. The summed E-state index contributed by atoms with van der Waals surface area (Å²) >= 11 is 7.25. The highest BCUT2D eigenvalue weighted by Crippen LogP contribution is 2.33. The van der Waals surface area contributed by atoms with Gasteiger partial charge in [-0.1, -0.05) is 23.7 Å². The van der Waals surface area contributed by atoms with Crippen LogP contribution in [0.1, 0.15) is 16.5 Å². The van der Waals surface area contributed by atoms with Gasteiger partial charge in [0.1, 0.15) is 11.9 Å². The number of benzene rings is 1. The van der Waals surface area contributed by atoms with Crippen molar-refractivity contribution in [3.8, 4) is 5.75 Å². The smallest absolute Gasteiger partial charge is 0.387 e. The lowest BCUT2D eigenvalue weighted by atomic mass is 10.1. The second kappa shape index (κ2) is 5.65. The van der Waals surface area contributed by atoms with Gasteiger partial charge in [0.2, 0.25) is 0 Å². The molecule has 6 heteroatoms. The number of aliphatic hydroxyl groups excluding tert-OH is 1. The van der Waals surface area contributed by atoms with Gasteiger partial charge in [0.25, 0.3) is 0 Å². The van der Waals surface area contributed by atoms with Crippen molar-refractivity contribution >= 4 is 22.9 Å². The van der Waals surface area contributed by atoms with Crippen molar-refractivity contribution in [2.75, 3.05) is 0 Å². The third-order valence-electron chi connectivity index (χ3n) is 2.31. The number of halogens is 3. The van der Waals surface area contributed by atoms with Crippen LogP contribution >= 0.6 is 22.9 Å². The minimum absolute atomic E-state index is 0.0539. The first-order chi connectivity index (χ1) is 8.58. The molecule has 0 aliphatic rings. The topological polar surface area (TPSA) is 29.5 Å². The molecule has 0 fully saturated rings. The molecule has 0 aliphatic heterocycles. The van der Waals surface area contributed by atoms with E-state index in [0.29, 0.717) is 15.5 Å². The van der Waals surface area contributed by atoms with Crippen LogP contribution in [0.15, 0.2) is 35.7 Å². The Morgan fingerprint density at radius 3 is 2.33 bits per heavy atom. The van der Waals surface area contributed by atoms with Gasteiger partial charge in [0.05, 0.1) is 9.90 Å². The standard InChI is InChI=1S/C12H9ClF2O2S/c13-9-5-6-18-11(9)10(16)7-1-3-8(4-2-7)17-12(14)15/h1-6,10,12,16H. The first-order valence-electron chi connectivity index (χ1n) is 5.03. The predicted molar refractivity (Wildman–Crippen MR) is 66.5 cm³/mol. The van der Waals surface area contributed by atoms with Crippen molar-refractivity contribution in [1.82, 2.24) is 0 Å². The first kappa shape index (κ1) is 13.3. The van der Waals surface area contributed by atoms with E-state index in [1.165, 1.54) is 35.6 Å². The number of hydrogen-bond donors (Lipinski definition) is 1. The second-order valence-corrected chi connectivity index (χ2v) is 4.84. The average Bonchev–Trinajstić information content (AvgIpc) is 2.75. The van der Waals surface area contributed by atoms with E-state index in [-0.39, 0.29) is 5.75 Å². The van der Waals surface area contributed by atoms with Crippen LogP contribution in [0.2, 0.25) is 5.02 Å². The lowest BCUT2D eigenvalue weighted by molar-refractivity contribution is -0.0498. The second-order valence-electron chi connectivity index (χ2n) is 3.48. The Morgan fingerprint density at radius 1 is 1.17 bits per heavy atom. The highest BCUT2D eigenvalue weighted by molar-refractivity contribution is 7.10. The fraction of sp³-hybridized carbons (Fsp3) is 0.167. The largest absolute Gasteiger partial charge is 0.435 e. The first-order valence-corrected chi connectivity index (χ1v) is 6.29. The molecule has 2 aromatic rings. The zero-order valence-corrected chi connectivity index (χ0v) is 10.6. The van der Waals surface area contributed by atoms with E-state index in [9.17, 15) is 13.9 Å². The molecule has 0 aliphatic carbocycles. The van der Waals surface area contributed by atoms with Gasteiger partial charge < -0.3 is 9.84 Å². The molecule has 1 aromatic heterocycles. The molecule has 2 rings (SSSR count). The summed E-state index contributed by atoms with van der Waals surface area (Å²) in [5.74, 6) is 0.0539. The molecule has 2 nitrogen and oxygen atoms in total. The molecule has 1 heterocycles. The highest BCUT2D eigenvalue weighted by atomic mass is 35.5. The number of aliphatic hydroxyl groups is 1. The summed E-state index contributed by atoms with van der Waals surface area (Å²) < 4.78 is 28.2. The van der Waals surface area contributed by atoms with Crippen molar-refractivity contribution < 1.29 is 18.6 Å².